The first-order chi connectivity index (χ1) is 12.7. The van der Waals surface area contributed by atoms with E-state index in [1.54, 1.807) is 0 Å². The lowest BCUT2D eigenvalue weighted by Crippen LogP contribution is -2.17. The molecule has 144 valence electrons. The van der Waals surface area contributed by atoms with E-state index < -0.39 is 18.1 Å². The molecule has 1 aromatic heterocycles. The summed E-state index contributed by atoms with van der Waals surface area (Å²) in [5.74, 6) is -0.971. The van der Waals surface area contributed by atoms with Gasteiger partial charge in [-0.2, -0.15) is 0 Å². The molecule has 1 aromatic carbocycles. The van der Waals surface area contributed by atoms with Crippen LogP contribution in [0.15, 0.2) is 30.5 Å². The zero-order chi connectivity index (χ0) is 19.8. The topological polar surface area (TPSA) is 77.9 Å². The van der Waals surface area contributed by atoms with Gasteiger partial charge in [0.05, 0.1) is 7.11 Å². The number of carboxylic acids is 1. The van der Waals surface area contributed by atoms with Crippen molar-refractivity contribution in [3.05, 3.63) is 41.7 Å². The standard InChI is InChI=1S/C18H16F3NO5/c1-9-5-11(9)13-7-15(12(8-22-13)17(23)24)26-14-4-3-10(6-16(14)25-2)27-18(19,20)21/h3-4,6-9,11H,5H2,1-2H3,(H,23,24)/t9-,11-/m1/s1. The zero-order valence-corrected chi connectivity index (χ0v) is 14.4. The summed E-state index contributed by atoms with van der Waals surface area (Å²) in [7, 11) is 1.25. The highest BCUT2D eigenvalue weighted by atomic mass is 19.4. The number of aromatic carboxylic acids is 1. The zero-order valence-electron chi connectivity index (χ0n) is 14.4. The van der Waals surface area contributed by atoms with E-state index in [0.717, 1.165) is 18.6 Å². The SMILES string of the molecule is COc1cc(OC(F)(F)F)ccc1Oc1cc([C@@H]2C[C@H]2C)ncc1C(=O)O. The molecule has 1 heterocycles. The Bertz CT molecular complexity index is 869. The number of carboxylic acid groups (broad SMARTS) is 1. The van der Waals surface area contributed by atoms with Crippen molar-refractivity contribution >= 4 is 5.97 Å². The Hall–Kier alpha value is -2.97. The van der Waals surface area contributed by atoms with E-state index in [1.807, 2.05) is 0 Å². The van der Waals surface area contributed by atoms with Crippen LogP contribution in [0.2, 0.25) is 0 Å². The summed E-state index contributed by atoms with van der Waals surface area (Å²) >= 11 is 0. The van der Waals surface area contributed by atoms with E-state index in [4.69, 9.17) is 9.47 Å². The smallest absolute Gasteiger partial charge is 0.493 e. The third kappa shape index (κ3) is 4.42. The van der Waals surface area contributed by atoms with Gasteiger partial charge in [-0.3, -0.25) is 4.98 Å². The summed E-state index contributed by atoms with van der Waals surface area (Å²) in [4.78, 5) is 15.6. The number of halogens is 3. The highest BCUT2D eigenvalue weighted by molar-refractivity contribution is 5.90. The maximum Gasteiger partial charge on any atom is 0.573 e. The van der Waals surface area contributed by atoms with Crippen LogP contribution in [0.3, 0.4) is 0 Å². The molecule has 0 bridgehead atoms. The van der Waals surface area contributed by atoms with Gasteiger partial charge in [0.2, 0.25) is 0 Å². The second kappa shape index (κ2) is 6.98. The average molecular weight is 383 g/mol. The van der Waals surface area contributed by atoms with E-state index >= 15 is 0 Å². The van der Waals surface area contributed by atoms with E-state index in [1.165, 1.54) is 25.4 Å². The van der Waals surface area contributed by atoms with Crippen molar-refractivity contribution in [1.82, 2.24) is 4.98 Å². The molecule has 0 aliphatic heterocycles. The molecule has 0 unspecified atom stereocenters. The van der Waals surface area contributed by atoms with E-state index in [9.17, 15) is 23.1 Å². The number of carbonyl (C=O) groups is 1. The van der Waals surface area contributed by atoms with Crippen LogP contribution in [-0.4, -0.2) is 29.5 Å². The van der Waals surface area contributed by atoms with Crippen molar-refractivity contribution in [3.8, 4) is 23.0 Å². The quantitative estimate of drug-likeness (QED) is 0.785. The fraction of sp³-hybridized carbons (Fsp3) is 0.333. The molecule has 0 radical (unpaired) electrons. The van der Waals surface area contributed by atoms with Gasteiger partial charge in [0.15, 0.2) is 11.5 Å². The molecule has 1 fully saturated rings. The third-order valence-corrected chi connectivity index (χ3v) is 4.20. The van der Waals surface area contributed by atoms with Crippen LogP contribution in [-0.2, 0) is 0 Å². The van der Waals surface area contributed by atoms with Crippen molar-refractivity contribution in [2.75, 3.05) is 7.11 Å². The fourth-order valence-corrected chi connectivity index (χ4v) is 2.68. The Kier molecular flexibility index (Phi) is 4.86. The van der Waals surface area contributed by atoms with Crippen molar-refractivity contribution in [2.45, 2.75) is 25.6 Å². The predicted molar refractivity (Wildman–Crippen MR) is 87.5 cm³/mol. The van der Waals surface area contributed by atoms with Gasteiger partial charge in [0.1, 0.15) is 17.1 Å². The first-order valence-electron chi connectivity index (χ1n) is 8.03. The number of aromatic nitrogens is 1. The Balaban J connectivity index is 1.92. The number of ether oxygens (including phenoxy) is 3. The van der Waals surface area contributed by atoms with E-state index in [-0.39, 0.29) is 28.7 Å². The lowest BCUT2D eigenvalue weighted by molar-refractivity contribution is -0.274. The Morgan fingerprint density at radius 2 is 1.93 bits per heavy atom. The Labute approximate surface area is 152 Å². The minimum absolute atomic E-state index is 0.0359. The summed E-state index contributed by atoms with van der Waals surface area (Å²) in [6, 6.07) is 4.81. The van der Waals surface area contributed by atoms with Gasteiger partial charge in [0, 0.05) is 29.9 Å². The van der Waals surface area contributed by atoms with Crippen LogP contribution in [0, 0.1) is 5.92 Å². The van der Waals surface area contributed by atoms with Crippen LogP contribution >= 0.6 is 0 Å². The number of nitrogens with zero attached hydrogens (tertiary/aromatic N) is 1. The van der Waals surface area contributed by atoms with Crippen LogP contribution in [0.4, 0.5) is 13.2 Å². The second-order valence-electron chi connectivity index (χ2n) is 6.19. The van der Waals surface area contributed by atoms with Crippen molar-refractivity contribution in [3.63, 3.8) is 0 Å². The molecular formula is C18H16F3NO5. The molecule has 1 aliphatic rings. The molecule has 0 amide bonds. The Morgan fingerprint density at radius 3 is 2.48 bits per heavy atom. The average Bonchev–Trinajstić information content (AvgIpc) is 3.31. The first kappa shape index (κ1) is 18.8. The lowest BCUT2D eigenvalue weighted by Gasteiger charge is -2.15. The van der Waals surface area contributed by atoms with Crippen molar-refractivity contribution in [1.29, 1.82) is 0 Å². The first-order valence-corrected chi connectivity index (χ1v) is 8.03. The highest BCUT2D eigenvalue weighted by Gasteiger charge is 2.36. The molecular weight excluding hydrogens is 367 g/mol. The van der Waals surface area contributed by atoms with Crippen LogP contribution in [0.1, 0.15) is 35.3 Å². The minimum atomic E-state index is -4.84. The lowest BCUT2D eigenvalue weighted by atomic mass is 10.1. The van der Waals surface area contributed by atoms with Crippen molar-refractivity contribution < 1.29 is 37.3 Å². The van der Waals surface area contributed by atoms with Crippen molar-refractivity contribution in [2.24, 2.45) is 5.92 Å². The summed E-state index contributed by atoms with van der Waals surface area (Å²) in [5, 5.41) is 9.34. The summed E-state index contributed by atoms with van der Waals surface area (Å²) in [6.07, 6.45) is -2.68. The van der Waals surface area contributed by atoms with Gasteiger partial charge < -0.3 is 19.3 Å². The van der Waals surface area contributed by atoms with E-state index in [2.05, 4.69) is 16.6 Å². The maximum absolute atomic E-state index is 12.4. The molecule has 2 atom stereocenters. The number of rotatable bonds is 6. The fourth-order valence-electron chi connectivity index (χ4n) is 2.68. The summed E-state index contributed by atoms with van der Waals surface area (Å²) in [6.45, 7) is 2.06. The molecule has 3 rings (SSSR count). The van der Waals surface area contributed by atoms with Gasteiger partial charge in [0.25, 0.3) is 0 Å². The molecule has 0 spiro atoms. The predicted octanol–water partition coefficient (Wildman–Crippen LogP) is 4.60. The second-order valence-corrected chi connectivity index (χ2v) is 6.19. The largest absolute Gasteiger partial charge is 0.573 e. The van der Waals surface area contributed by atoms with Crippen LogP contribution in [0.5, 0.6) is 23.0 Å². The minimum Gasteiger partial charge on any atom is -0.493 e. The van der Waals surface area contributed by atoms with Gasteiger partial charge >= 0.3 is 12.3 Å². The number of benzene rings is 1. The number of pyridine rings is 1. The number of hydrogen-bond acceptors (Lipinski definition) is 5. The Morgan fingerprint density at radius 1 is 1.22 bits per heavy atom. The molecule has 6 nitrogen and oxygen atoms in total. The molecule has 1 saturated carbocycles. The highest BCUT2D eigenvalue weighted by Crippen LogP contribution is 2.47. The van der Waals surface area contributed by atoms with Gasteiger partial charge in [-0.1, -0.05) is 6.92 Å². The van der Waals surface area contributed by atoms with Crippen LogP contribution in [0.25, 0.3) is 0 Å². The van der Waals surface area contributed by atoms with Gasteiger partial charge in [-0.05, 0) is 24.5 Å². The van der Waals surface area contributed by atoms with Gasteiger partial charge in [-0.25, -0.2) is 4.79 Å². The van der Waals surface area contributed by atoms with Gasteiger partial charge in [-0.15, -0.1) is 13.2 Å². The molecule has 9 heteroatoms. The number of alkyl halides is 3. The molecule has 2 aromatic rings. The number of methoxy groups -OCH3 is 1. The van der Waals surface area contributed by atoms with E-state index in [0.29, 0.717) is 11.6 Å². The molecule has 1 aliphatic carbocycles. The molecule has 1 N–H and O–H groups in total. The normalized spacial score (nSPS) is 18.7. The van der Waals surface area contributed by atoms with Crippen LogP contribution < -0.4 is 14.2 Å². The maximum atomic E-state index is 12.4. The third-order valence-electron chi connectivity index (χ3n) is 4.20. The monoisotopic (exact) mass is 383 g/mol. The molecule has 27 heavy (non-hydrogen) atoms. The summed E-state index contributed by atoms with van der Waals surface area (Å²) in [5.41, 5.74) is 0.545. The summed E-state index contributed by atoms with van der Waals surface area (Å²) < 4.78 is 51.6. The molecule has 0 saturated heterocycles. The number of hydrogen-bond donors (Lipinski definition) is 1.